The highest BCUT2D eigenvalue weighted by atomic mass is 16.5. The number of para-hydroxylation sites is 2. The van der Waals surface area contributed by atoms with Crippen LogP contribution in [0.1, 0.15) is 42.5 Å². The molecular formula is C34H24N4O5. The molecule has 6 aromatic rings. The van der Waals surface area contributed by atoms with Crippen LogP contribution in [0.3, 0.4) is 0 Å². The molecule has 0 spiro atoms. The van der Waals surface area contributed by atoms with E-state index in [1.165, 1.54) is 14.2 Å². The second kappa shape index (κ2) is 11.1. The Labute approximate surface area is 246 Å². The van der Waals surface area contributed by atoms with Gasteiger partial charge in [0.15, 0.2) is 5.78 Å². The molecule has 0 fully saturated rings. The lowest BCUT2D eigenvalue weighted by Gasteiger charge is -2.08. The van der Waals surface area contributed by atoms with Gasteiger partial charge in [0.25, 0.3) is 0 Å². The number of carbonyl (C=O) groups is 3. The molecule has 0 saturated heterocycles. The topological polar surface area (TPSA) is 116 Å². The smallest absolute Gasteiger partial charge is 0.340 e. The van der Waals surface area contributed by atoms with Crippen LogP contribution in [0, 0.1) is 11.3 Å². The number of esters is 2. The Morgan fingerprint density at radius 3 is 2.07 bits per heavy atom. The molecule has 3 aromatic carbocycles. The molecule has 0 saturated carbocycles. The van der Waals surface area contributed by atoms with Gasteiger partial charge >= 0.3 is 11.9 Å². The van der Waals surface area contributed by atoms with Crippen molar-refractivity contribution in [1.29, 1.82) is 5.26 Å². The van der Waals surface area contributed by atoms with Crippen LogP contribution in [0.5, 0.6) is 0 Å². The fourth-order valence-corrected chi connectivity index (χ4v) is 5.45. The molecule has 0 aliphatic rings. The van der Waals surface area contributed by atoms with Crippen molar-refractivity contribution in [2.45, 2.75) is 6.42 Å². The first kappa shape index (κ1) is 27.2. The number of fused-ring (bicyclic) bond motifs is 3. The summed E-state index contributed by atoms with van der Waals surface area (Å²) >= 11 is 0. The lowest BCUT2D eigenvalue weighted by molar-refractivity contribution is 0.0557. The lowest BCUT2D eigenvalue weighted by Crippen LogP contribution is -2.15. The number of carbonyl (C=O) groups excluding carboxylic acids is 3. The van der Waals surface area contributed by atoms with E-state index in [1.807, 2.05) is 91.0 Å². The third kappa shape index (κ3) is 4.51. The summed E-state index contributed by atoms with van der Waals surface area (Å²) in [6, 6.07) is 31.6. The molecule has 9 nitrogen and oxygen atoms in total. The number of pyridine rings is 1. The van der Waals surface area contributed by atoms with Gasteiger partial charge in [0.2, 0.25) is 0 Å². The van der Waals surface area contributed by atoms with E-state index >= 15 is 0 Å². The van der Waals surface area contributed by atoms with Gasteiger partial charge in [0.1, 0.15) is 17.3 Å². The molecule has 6 rings (SSSR count). The van der Waals surface area contributed by atoms with Gasteiger partial charge in [0.05, 0.1) is 54.2 Å². The molecule has 0 aliphatic carbocycles. The minimum absolute atomic E-state index is 0.0109. The average Bonchev–Trinajstić information content (AvgIpc) is 3.61. The number of rotatable bonds is 7. The van der Waals surface area contributed by atoms with Crippen LogP contribution in [0.4, 0.5) is 0 Å². The third-order valence-electron chi connectivity index (χ3n) is 7.32. The van der Waals surface area contributed by atoms with Crippen molar-refractivity contribution in [2.24, 2.45) is 0 Å². The normalized spacial score (nSPS) is 10.9. The first-order chi connectivity index (χ1) is 21.0. The fourth-order valence-electron chi connectivity index (χ4n) is 5.45. The van der Waals surface area contributed by atoms with E-state index in [9.17, 15) is 19.6 Å². The van der Waals surface area contributed by atoms with Crippen molar-refractivity contribution < 1.29 is 23.9 Å². The largest absolute Gasteiger partial charge is 0.465 e. The van der Waals surface area contributed by atoms with Gasteiger partial charge in [0, 0.05) is 11.3 Å². The number of ether oxygens (including phenoxy) is 2. The summed E-state index contributed by atoms with van der Waals surface area (Å²) in [6.45, 7) is 0. The summed E-state index contributed by atoms with van der Waals surface area (Å²) in [4.78, 5) is 40.5. The van der Waals surface area contributed by atoms with E-state index in [1.54, 1.807) is 15.1 Å². The molecule has 3 heterocycles. The van der Waals surface area contributed by atoms with Gasteiger partial charge in [-0.1, -0.05) is 72.8 Å². The summed E-state index contributed by atoms with van der Waals surface area (Å²) in [5.74, 6) is -2.06. The molecule has 210 valence electrons. The van der Waals surface area contributed by atoms with E-state index in [-0.39, 0.29) is 34.5 Å². The summed E-state index contributed by atoms with van der Waals surface area (Å²) in [5, 5.41) is 15.8. The molecule has 3 aromatic heterocycles. The van der Waals surface area contributed by atoms with Gasteiger partial charge in [-0.3, -0.25) is 4.79 Å². The molecular weight excluding hydrogens is 544 g/mol. The van der Waals surface area contributed by atoms with E-state index in [2.05, 4.69) is 11.2 Å². The van der Waals surface area contributed by atoms with Gasteiger partial charge < -0.3 is 13.9 Å². The van der Waals surface area contributed by atoms with Crippen LogP contribution in [0.15, 0.2) is 97.1 Å². The lowest BCUT2D eigenvalue weighted by atomic mass is 10.0. The van der Waals surface area contributed by atoms with Crippen molar-refractivity contribution in [3.8, 4) is 23.0 Å². The van der Waals surface area contributed by atoms with Crippen molar-refractivity contribution in [2.75, 3.05) is 14.2 Å². The number of hydrogen-bond donors (Lipinski definition) is 0. The molecule has 0 bridgehead atoms. The first-order valence-corrected chi connectivity index (χ1v) is 13.4. The maximum Gasteiger partial charge on any atom is 0.340 e. The third-order valence-corrected chi connectivity index (χ3v) is 7.32. The molecule has 0 radical (unpaired) electrons. The number of benzene rings is 3. The molecule has 0 amide bonds. The molecule has 0 aliphatic heterocycles. The van der Waals surface area contributed by atoms with E-state index in [0.717, 1.165) is 5.39 Å². The predicted molar refractivity (Wildman–Crippen MR) is 159 cm³/mol. The van der Waals surface area contributed by atoms with Crippen LogP contribution in [-0.2, 0) is 15.9 Å². The van der Waals surface area contributed by atoms with Crippen molar-refractivity contribution >= 4 is 34.1 Å². The Hall–Kier alpha value is -6.01. The van der Waals surface area contributed by atoms with Gasteiger partial charge in [-0.2, -0.15) is 10.4 Å². The van der Waals surface area contributed by atoms with Crippen molar-refractivity contribution in [3.63, 3.8) is 0 Å². The van der Waals surface area contributed by atoms with Crippen LogP contribution < -0.4 is 0 Å². The Morgan fingerprint density at radius 1 is 0.767 bits per heavy atom. The van der Waals surface area contributed by atoms with Gasteiger partial charge in [-0.25, -0.2) is 14.3 Å². The standard InChI is InChI=1S/C34H24N4O5/c1-42-33(40)29-26-18-17-21-11-9-10-16-25(21)37(26)27(30(29)34(41)43-2)19-28(39)31-24(20-35)32(22-12-5-3-6-13-22)38(36-31)23-14-7-4-8-15-23/h3-18H,19H2,1-2H3. The maximum atomic E-state index is 14.2. The summed E-state index contributed by atoms with van der Waals surface area (Å²) in [5.41, 5.74) is 3.06. The monoisotopic (exact) mass is 568 g/mol. The Balaban J connectivity index is 1.61. The van der Waals surface area contributed by atoms with E-state index in [4.69, 9.17) is 9.47 Å². The van der Waals surface area contributed by atoms with Gasteiger partial charge in [-0.05, 0) is 29.7 Å². The number of aromatic nitrogens is 3. The Bertz CT molecular complexity index is 2090. The van der Waals surface area contributed by atoms with E-state index < -0.39 is 17.7 Å². The highest BCUT2D eigenvalue weighted by molar-refractivity contribution is 6.12. The van der Waals surface area contributed by atoms with Crippen LogP contribution in [0.2, 0.25) is 0 Å². The Morgan fingerprint density at radius 2 is 1.40 bits per heavy atom. The van der Waals surface area contributed by atoms with Crippen molar-refractivity contribution in [3.05, 3.63) is 125 Å². The Kier molecular flexibility index (Phi) is 7.02. The van der Waals surface area contributed by atoms with Crippen LogP contribution in [0.25, 0.3) is 33.4 Å². The molecule has 0 N–H and O–H groups in total. The average molecular weight is 569 g/mol. The number of nitriles is 1. The quantitative estimate of drug-likeness (QED) is 0.176. The number of hydrogen-bond acceptors (Lipinski definition) is 7. The molecule has 9 heteroatoms. The van der Waals surface area contributed by atoms with Crippen LogP contribution in [-0.4, -0.2) is 46.1 Å². The minimum atomic E-state index is -0.795. The van der Waals surface area contributed by atoms with Gasteiger partial charge in [-0.15, -0.1) is 0 Å². The maximum absolute atomic E-state index is 14.2. The minimum Gasteiger partial charge on any atom is -0.465 e. The summed E-state index contributed by atoms with van der Waals surface area (Å²) < 4.78 is 13.4. The zero-order valence-electron chi connectivity index (χ0n) is 23.3. The molecule has 0 unspecified atom stereocenters. The van der Waals surface area contributed by atoms with Crippen molar-refractivity contribution in [1.82, 2.24) is 14.2 Å². The second-order valence-electron chi connectivity index (χ2n) is 9.69. The molecule has 43 heavy (non-hydrogen) atoms. The van der Waals surface area contributed by atoms with E-state index in [0.29, 0.717) is 28.0 Å². The second-order valence-corrected chi connectivity index (χ2v) is 9.69. The predicted octanol–water partition coefficient (Wildman–Crippen LogP) is 5.82. The number of Topliss-reactive ketones (excluding diaryl/α,β-unsaturated/α-hetero) is 1. The zero-order valence-corrected chi connectivity index (χ0v) is 23.3. The SMILES string of the molecule is COC(=O)c1c(C(=O)OC)c2ccc3ccccc3n2c1CC(=O)c1nn(-c2ccccc2)c(-c2ccccc2)c1C#N. The highest BCUT2D eigenvalue weighted by Crippen LogP contribution is 2.33. The highest BCUT2D eigenvalue weighted by Gasteiger charge is 2.33. The fraction of sp³-hybridized carbons (Fsp3) is 0.0882. The van der Waals surface area contributed by atoms with Crippen LogP contribution >= 0.6 is 0 Å². The summed E-state index contributed by atoms with van der Waals surface area (Å²) in [7, 11) is 2.43. The number of nitrogens with zero attached hydrogens (tertiary/aromatic N) is 4. The molecule has 0 atom stereocenters. The number of methoxy groups -OCH3 is 2. The summed E-state index contributed by atoms with van der Waals surface area (Å²) in [6.07, 6.45) is -0.356. The first-order valence-electron chi connectivity index (χ1n) is 13.4. The number of ketones is 1. The zero-order chi connectivity index (χ0) is 30.1.